The van der Waals surface area contributed by atoms with Crippen molar-refractivity contribution in [3.8, 4) is 0 Å². The van der Waals surface area contributed by atoms with Crippen molar-refractivity contribution in [1.82, 2.24) is 4.90 Å². The van der Waals surface area contributed by atoms with Crippen LogP contribution >= 0.6 is 0 Å². The SMILES string of the molecule is CC1CC1CN(C)C(=O)OC(C)(C)C. The van der Waals surface area contributed by atoms with Crippen molar-refractivity contribution >= 4 is 6.09 Å². The van der Waals surface area contributed by atoms with E-state index in [9.17, 15) is 4.79 Å². The van der Waals surface area contributed by atoms with Gasteiger partial charge in [0.1, 0.15) is 5.60 Å². The predicted octanol–water partition coefficient (Wildman–Crippen LogP) is 2.51. The molecule has 3 nitrogen and oxygen atoms in total. The molecule has 0 aromatic heterocycles. The number of ether oxygens (including phenoxy) is 1. The van der Waals surface area contributed by atoms with Crippen LogP contribution in [0.2, 0.25) is 0 Å². The van der Waals surface area contributed by atoms with Gasteiger partial charge in [-0.1, -0.05) is 6.92 Å². The molecule has 1 saturated carbocycles. The standard InChI is InChI=1S/C11H21NO2/c1-8-6-9(8)7-12(5)10(13)14-11(2,3)4/h8-9H,6-7H2,1-5H3. The highest BCUT2D eigenvalue weighted by molar-refractivity contribution is 5.67. The molecule has 0 aromatic rings. The molecule has 14 heavy (non-hydrogen) atoms. The number of hydrogen-bond acceptors (Lipinski definition) is 2. The Balaban J connectivity index is 2.29. The van der Waals surface area contributed by atoms with Crippen LogP contribution in [0.3, 0.4) is 0 Å². The van der Waals surface area contributed by atoms with E-state index >= 15 is 0 Å². The largest absolute Gasteiger partial charge is 0.444 e. The van der Waals surface area contributed by atoms with E-state index in [4.69, 9.17) is 4.74 Å². The summed E-state index contributed by atoms with van der Waals surface area (Å²) in [6.07, 6.45) is 1.03. The molecule has 82 valence electrons. The van der Waals surface area contributed by atoms with Gasteiger partial charge in [0.15, 0.2) is 0 Å². The zero-order valence-electron chi connectivity index (χ0n) is 9.83. The third-order valence-corrected chi connectivity index (χ3v) is 2.49. The molecule has 2 atom stereocenters. The first kappa shape index (κ1) is 11.3. The number of amides is 1. The monoisotopic (exact) mass is 199 g/mol. The Morgan fingerprint density at radius 2 is 2.00 bits per heavy atom. The molecule has 1 fully saturated rings. The van der Waals surface area contributed by atoms with E-state index in [1.54, 1.807) is 11.9 Å². The second kappa shape index (κ2) is 3.79. The lowest BCUT2D eigenvalue weighted by Gasteiger charge is -2.24. The molecule has 0 N–H and O–H groups in total. The molecular formula is C11H21NO2. The van der Waals surface area contributed by atoms with Crippen LogP contribution in [-0.4, -0.2) is 30.2 Å². The summed E-state index contributed by atoms with van der Waals surface area (Å²) >= 11 is 0. The summed E-state index contributed by atoms with van der Waals surface area (Å²) < 4.78 is 5.25. The van der Waals surface area contributed by atoms with Gasteiger partial charge in [0.05, 0.1) is 0 Å². The van der Waals surface area contributed by atoms with E-state index in [0.717, 1.165) is 12.5 Å². The lowest BCUT2D eigenvalue weighted by atomic mass is 10.2. The normalized spacial score (nSPS) is 25.8. The first-order chi connectivity index (χ1) is 6.29. The predicted molar refractivity (Wildman–Crippen MR) is 56.1 cm³/mol. The molecule has 2 unspecified atom stereocenters. The molecule has 1 aliphatic rings. The molecule has 1 amide bonds. The molecule has 0 aromatic carbocycles. The lowest BCUT2D eigenvalue weighted by molar-refractivity contribution is 0.0289. The minimum atomic E-state index is -0.388. The fraction of sp³-hybridized carbons (Fsp3) is 0.909. The van der Waals surface area contributed by atoms with Gasteiger partial charge in [-0.15, -0.1) is 0 Å². The lowest BCUT2D eigenvalue weighted by Crippen LogP contribution is -2.35. The van der Waals surface area contributed by atoms with E-state index in [2.05, 4.69) is 6.92 Å². The van der Waals surface area contributed by atoms with Gasteiger partial charge >= 0.3 is 6.09 Å². The molecule has 0 bridgehead atoms. The van der Waals surface area contributed by atoms with Crippen molar-refractivity contribution in [1.29, 1.82) is 0 Å². The molecule has 0 saturated heterocycles. The number of carbonyl (C=O) groups excluding carboxylic acids is 1. The second-order valence-corrected chi connectivity index (χ2v) is 5.33. The molecule has 0 spiro atoms. The second-order valence-electron chi connectivity index (χ2n) is 5.33. The van der Waals surface area contributed by atoms with Crippen LogP contribution < -0.4 is 0 Å². The Labute approximate surface area is 86.4 Å². The minimum absolute atomic E-state index is 0.211. The molecule has 0 radical (unpaired) electrons. The van der Waals surface area contributed by atoms with Crippen molar-refractivity contribution in [2.75, 3.05) is 13.6 Å². The summed E-state index contributed by atoms with van der Waals surface area (Å²) in [5, 5.41) is 0. The number of rotatable bonds is 2. The Kier molecular flexibility index (Phi) is 3.07. The summed E-state index contributed by atoms with van der Waals surface area (Å²) in [4.78, 5) is 13.2. The fourth-order valence-electron chi connectivity index (χ4n) is 1.42. The first-order valence-corrected chi connectivity index (χ1v) is 5.23. The minimum Gasteiger partial charge on any atom is -0.444 e. The van der Waals surface area contributed by atoms with E-state index in [0.29, 0.717) is 5.92 Å². The van der Waals surface area contributed by atoms with Crippen LogP contribution in [0.15, 0.2) is 0 Å². The average Bonchev–Trinajstić information content (AvgIpc) is 2.62. The fourth-order valence-corrected chi connectivity index (χ4v) is 1.42. The number of hydrogen-bond donors (Lipinski definition) is 0. The van der Waals surface area contributed by atoms with E-state index in [-0.39, 0.29) is 11.7 Å². The van der Waals surface area contributed by atoms with E-state index < -0.39 is 0 Å². The van der Waals surface area contributed by atoms with Crippen LogP contribution in [0.1, 0.15) is 34.1 Å². The van der Waals surface area contributed by atoms with Crippen LogP contribution in [0, 0.1) is 11.8 Å². The smallest absolute Gasteiger partial charge is 0.410 e. The Hall–Kier alpha value is -0.730. The average molecular weight is 199 g/mol. The highest BCUT2D eigenvalue weighted by atomic mass is 16.6. The highest BCUT2D eigenvalue weighted by Crippen LogP contribution is 2.38. The molecule has 1 rings (SSSR count). The van der Waals surface area contributed by atoms with Gasteiger partial charge in [-0.2, -0.15) is 0 Å². The highest BCUT2D eigenvalue weighted by Gasteiger charge is 2.34. The number of carbonyl (C=O) groups is 1. The molecule has 3 heteroatoms. The maximum absolute atomic E-state index is 11.5. The topological polar surface area (TPSA) is 29.5 Å². The summed E-state index contributed by atoms with van der Waals surface area (Å²) in [6, 6.07) is 0. The number of nitrogens with zero attached hydrogens (tertiary/aromatic N) is 1. The van der Waals surface area contributed by atoms with E-state index in [1.165, 1.54) is 6.42 Å². The van der Waals surface area contributed by atoms with Crippen molar-refractivity contribution in [3.63, 3.8) is 0 Å². The zero-order chi connectivity index (χ0) is 10.9. The maximum atomic E-state index is 11.5. The van der Waals surface area contributed by atoms with Crippen molar-refractivity contribution in [2.24, 2.45) is 11.8 Å². The van der Waals surface area contributed by atoms with Crippen LogP contribution in [-0.2, 0) is 4.74 Å². The Morgan fingerprint density at radius 1 is 1.50 bits per heavy atom. The van der Waals surface area contributed by atoms with Gasteiger partial charge in [0, 0.05) is 13.6 Å². The van der Waals surface area contributed by atoms with Crippen molar-refractivity contribution in [3.05, 3.63) is 0 Å². The summed E-state index contributed by atoms with van der Waals surface area (Å²) in [5.41, 5.74) is -0.388. The quantitative estimate of drug-likeness (QED) is 0.684. The van der Waals surface area contributed by atoms with Gasteiger partial charge < -0.3 is 9.64 Å². The van der Waals surface area contributed by atoms with Gasteiger partial charge in [0.25, 0.3) is 0 Å². The summed E-state index contributed by atoms with van der Waals surface area (Å²) in [6.45, 7) is 8.71. The summed E-state index contributed by atoms with van der Waals surface area (Å²) in [5.74, 6) is 1.47. The third-order valence-electron chi connectivity index (χ3n) is 2.49. The third kappa shape index (κ3) is 3.56. The van der Waals surface area contributed by atoms with Crippen LogP contribution in [0.5, 0.6) is 0 Å². The Morgan fingerprint density at radius 3 is 2.36 bits per heavy atom. The zero-order valence-corrected chi connectivity index (χ0v) is 9.83. The van der Waals surface area contributed by atoms with Crippen LogP contribution in [0.4, 0.5) is 4.79 Å². The van der Waals surface area contributed by atoms with Gasteiger partial charge in [-0.25, -0.2) is 4.79 Å². The molecule has 0 heterocycles. The van der Waals surface area contributed by atoms with E-state index in [1.807, 2.05) is 20.8 Å². The molecule has 1 aliphatic carbocycles. The first-order valence-electron chi connectivity index (χ1n) is 5.23. The van der Waals surface area contributed by atoms with Gasteiger partial charge in [-0.3, -0.25) is 0 Å². The van der Waals surface area contributed by atoms with Gasteiger partial charge in [-0.05, 0) is 39.0 Å². The summed E-state index contributed by atoms with van der Waals surface area (Å²) in [7, 11) is 1.80. The maximum Gasteiger partial charge on any atom is 0.410 e. The molecule has 0 aliphatic heterocycles. The Bertz CT molecular complexity index is 220. The van der Waals surface area contributed by atoms with Crippen molar-refractivity contribution in [2.45, 2.75) is 39.7 Å². The van der Waals surface area contributed by atoms with Crippen molar-refractivity contribution < 1.29 is 9.53 Å². The van der Waals surface area contributed by atoms with Gasteiger partial charge in [0.2, 0.25) is 0 Å². The van der Waals surface area contributed by atoms with Crippen LogP contribution in [0.25, 0.3) is 0 Å². The molecular weight excluding hydrogens is 178 g/mol.